The van der Waals surface area contributed by atoms with E-state index >= 15 is 0 Å². The number of hydrogen-bond acceptors (Lipinski definition) is 5. The Bertz CT molecular complexity index is 1640. The largest absolute Gasteiger partial charge is 0.478 e. The van der Waals surface area contributed by atoms with Crippen LogP contribution in [0.15, 0.2) is 91.0 Å². The van der Waals surface area contributed by atoms with Crippen LogP contribution in [0.25, 0.3) is 0 Å². The van der Waals surface area contributed by atoms with Gasteiger partial charge in [-0.25, -0.2) is 9.59 Å². The van der Waals surface area contributed by atoms with Gasteiger partial charge in [-0.2, -0.15) is 13.2 Å². The monoisotopic (exact) mass is 593 g/mol. The van der Waals surface area contributed by atoms with Gasteiger partial charge in [0.1, 0.15) is 0 Å². The van der Waals surface area contributed by atoms with E-state index in [0.29, 0.717) is 12.0 Å². The summed E-state index contributed by atoms with van der Waals surface area (Å²) >= 11 is 0. The normalized spacial score (nSPS) is 11.8. The van der Waals surface area contributed by atoms with Crippen molar-refractivity contribution in [3.05, 3.63) is 119 Å². The summed E-state index contributed by atoms with van der Waals surface area (Å²) in [5, 5.41) is 27.7. The summed E-state index contributed by atoms with van der Waals surface area (Å²) in [6.45, 7) is 0.00252. The third kappa shape index (κ3) is 7.89. The molecule has 0 spiro atoms. The number of carbonyl (C=O) groups excluding carboxylic acids is 1. The van der Waals surface area contributed by atoms with E-state index in [1.165, 1.54) is 36.4 Å². The number of carboxylic acids is 2. The first-order chi connectivity index (χ1) is 20.4. The summed E-state index contributed by atoms with van der Waals surface area (Å²) in [6.07, 6.45) is -4.28. The molecule has 0 aromatic heterocycles. The Morgan fingerprint density at radius 3 is 1.98 bits per heavy atom. The Hall–Kier alpha value is -5.36. The summed E-state index contributed by atoms with van der Waals surface area (Å²) in [5.74, 6) is -2.93. The number of benzene rings is 4. The second-order valence-corrected chi connectivity index (χ2v) is 9.65. The third-order valence-corrected chi connectivity index (χ3v) is 6.52. The Morgan fingerprint density at radius 2 is 1.30 bits per heavy atom. The molecule has 0 heterocycles. The van der Waals surface area contributed by atoms with Gasteiger partial charge < -0.3 is 31.9 Å². The lowest BCUT2D eigenvalue weighted by Gasteiger charge is -2.19. The molecule has 4 aromatic rings. The molecule has 4 aromatic carbocycles. The number of carbonyl (C=O) groups is 3. The highest BCUT2D eigenvalue weighted by Gasteiger charge is 2.31. The molecule has 1 atom stereocenters. The lowest BCUT2D eigenvalue weighted by Crippen LogP contribution is -2.68. The first-order valence-electron chi connectivity index (χ1n) is 13.0. The maximum atomic E-state index is 13.6. The zero-order chi connectivity index (χ0) is 31.1. The van der Waals surface area contributed by atoms with Crippen LogP contribution < -0.4 is 21.7 Å². The van der Waals surface area contributed by atoms with Crippen LogP contribution in [0.4, 0.5) is 35.9 Å². The zero-order valence-corrected chi connectivity index (χ0v) is 22.6. The summed E-state index contributed by atoms with van der Waals surface area (Å²) in [6, 6.07) is 21.6. The Balaban J connectivity index is 1.58. The van der Waals surface area contributed by atoms with Crippen LogP contribution in [-0.4, -0.2) is 34.1 Å². The molecule has 1 amide bonds. The van der Waals surface area contributed by atoms with Gasteiger partial charge >= 0.3 is 18.1 Å². The number of quaternary nitrogens is 1. The van der Waals surface area contributed by atoms with E-state index in [4.69, 9.17) is 0 Å². The van der Waals surface area contributed by atoms with Gasteiger partial charge in [-0.1, -0.05) is 48.5 Å². The van der Waals surface area contributed by atoms with Gasteiger partial charge in [-0.15, -0.1) is 0 Å². The first kappa shape index (κ1) is 30.6. The standard InChI is InChI=1S/C31H27F3N4O5/c32-31(33,34)20-11-13-26(37-24-9-5-4-8-21(24)29(40)41)27(16-20)38-25-12-10-19(14-22(25)30(42)43)17-36-28(39)23(35)15-18-6-2-1-3-7-18/h1-14,16,23,37-38H,15,17,35H2,(H,36,39)(H,40,41)(H,42,43)/p+1/t23-/m0/s1. The molecule has 0 radical (unpaired) electrons. The van der Waals surface area contributed by atoms with Crippen molar-refractivity contribution in [2.45, 2.75) is 25.2 Å². The molecule has 0 aliphatic rings. The van der Waals surface area contributed by atoms with Crippen molar-refractivity contribution in [1.29, 1.82) is 0 Å². The molecule has 222 valence electrons. The predicted molar refractivity (Wildman–Crippen MR) is 153 cm³/mol. The molecular weight excluding hydrogens is 565 g/mol. The average molecular weight is 594 g/mol. The summed E-state index contributed by atoms with van der Waals surface area (Å²) in [7, 11) is 0. The summed E-state index contributed by atoms with van der Waals surface area (Å²) < 4.78 is 40.7. The quantitative estimate of drug-likeness (QED) is 0.142. The van der Waals surface area contributed by atoms with Crippen molar-refractivity contribution in [2.24, 2.45) is 0 Å². The number of hydrogen-bond donors (Lipinski definition) is 6. The molecule has 0 aliphatic heterocycles. The number of carboxylic acid groups (broad SMARTS) is 2. The van der Waals surface area contributed by atoms with E-state index in [2.05, 4.69) is 21.7 Å². The van der Waals surface area contributed by atoms with E-state index in [1.807, 2.05) is 30.3 Å². The number of halogens is 3. The lowest BCUT2D eigenvalue weighted by atomic mass is 10.1. The van der Waals surface area contributed by atoms with Crippen LogP contribution in [0.2, 0.25) is 0 Å². The second-order valence-electron chi connectivity index (χ2n) is 9.65. The van der Waals surface area contributed by atoms with E-state index < -0.39 is 29.7 Å². The van der Waals surface area contributed by atoms with E-state index in [1.54, 1.807) is 6.07 Å². The van der Waals surface area contributed by atoms with Gasteiger partial charge in [0.25, 0.3) is 5.91 Å². The zero-order valence-electron chi connectivity index (χ0n) is 22.6. The van der Waals surface area contributed by atoms with Gasteiger partial charge in [-0.3, -0.25) is 4.79 Å². The van der Waals surface area contributed by atoms with Crippen LogP contribution in [0, 0.1) is 0 Å². The third-order valence-electron chi connectivity index (χ3n) is 6.52. The molecule has 0 aliphatic carbocycles. The minimum Gasteiger partial charge on any atom is -0.478 e. The van der Waals surface area contributed by atoms with Crippen molar-refractivity contribution < 1.29 is 43.5 Å². The predicted octanol–water partition coefficient (Wildman–Crippen LogP) is 5.06. The number of rotatable bonds is 11. The molecular formula is C31H28F3N4O5+. The van der Waals surface area contributed by atoms with Crippen LogP contribution in [0.5, 0.6) is 0 Å². The number of amides is 1. The molecule has 12 heteroatoms. The molecule has 0 saturated heterocycles. The molecule has 0 bridgehead atoms. The molecule has 0 unspecified atom stereocenters. The first-order valence-corrected chi connectivity index (χ1v) is 13.0. The maximum Gasteiger partial charge on any atom is 0.416 e. The van der Waals surface area contributed by atoms with Crippen molar-refractivity contribution in [1.82, 2.24) is 5.32 Å². The van der Waals surface area contributed by atoms with Crippen LogP contribution in [0.3, 0.4) is 0 Å². The fourth-order valence-electron chi connectivity index (χ4n) is 4.31. The topological polar surface area (TPSA) is 155 Å². The van der Waals surface area contributed by atoms with Gasteiger partial charge in [0.15, 0.2) is 6.04 Å². The second kappa shape index (κ2) is 13.1. The van der Waals surface area contributed by atoms with Gasteiger partial charge in [0, 0.05) is 13.0 Å². The number of para-hydroxylation sites is 1. The molecule has 0 saturated carbocycles. The fourth-order valence-corrected chi connectivity index (χ4v) is 4.31. The van der Waals surface area contributed by atoms with E-state index in [0.717, 1.165) is 23.8 Å². The smallest absolute Gasteiger partial charge is 0.416 e. The molecule has 9 nitrogen and oxygen atoms in total. The number of nitrogens with one attached hydrogen (secondary N) is 3. The number of anilines is 4. The molecule has 8 N–H and O–H groups in total. The van der Waals surface area contributed by atoms with Crippen molar-refractivity contribution in [2.75, 3.05) is 10.6 Å². The van der Waals surface area contributed by atoms with Gasteiger partial charge in [-0.05, 0) is 53.6 Å². The van der Waals surface area contributed by atoms with E-state index in [9.17, 15) is 37.8 Å². The summed E-state index contributed by atoms with van der Waals surface area (Å²) in [5.41, 5.74) is 3.96. The van der Waals surface area contributed by atoms with Crippen LogP contribution >= 0.6 is 0 Å². The average Bonchev–Trinajstić information content (AvgIpc) is 2.97. The van der Waals surface area contributed by atoms with Gasteiger partial charge in [0.2, 0.25) is 0 Å². The lowest BCUT2D eigenvalue weighted by molar-refractivity contribution is -0.403. The highest BCUT2D eigenvalue weighted by atomic mass is 19.4. The van der Waals surface area contributed by atoms with Gasteiger partial charge in [0.05, 0.1) is 39.4 Å². The Labute approximate surface area is 244 Å². The minimum atomic E-state index is -4.70. The molecule has 0 fully saturated rings. The SMILES string of the molecule is [NH3+][C@@H](Cc1ccccc1)C(=O)NCc1ccc(Nc2cc(C(F)(F)F)ccc2Nc2ccccc2C(=O)O)c(C(=O)O)c1. The number of alkyl halides is 3. The van der Waals surface area contributed by atoms with Crippen molar-refractivity contribution >= 4 is 40.6 Å². The number of aromatic carboxylic acids is 2. The van der Waals surface area contributed by atoms with E-state index in [-0.39, 0.29) is 46.3 Å². The Morgan fingerprint density at radius 1 is 0.698 bits per heavy atom. The minimum absolute atomic E-state index is 0.00252. The molecule has 43 heavy (non-hydrogen) atoms. The highest BCUT2D eigenvalue weighted by molar-refractivity contribution is 5.98. The van der Waals surface area contributed by atoms with Crippen molar-refractivity contribution in [3.8, 4) is 0 Å². The molecule has 4 rings (SSSR count). The maximum absolute atomic E-state index is 13.6. The van der Waals surface area contributed by atoms with Crippen molar-refractivity contribution in [3.63, 3.8) is 0 Å². The highest BCUT2D eigenvalue weighted by Crippen LogP contribution is 2.37. The fraction of sp³-hybridized carbons (Fsp3) is 0.129. The van der Waals surface area contributed by atoms with Crippen LogP contribution in [0.1, 0.15) is 37.4 Å². The van der Waals surface area contributed by atoms with Crippen LogP contribution in [-0.2, 0) is 23.9 Å². The Kier molecular flexibility index (Phi) is 9.31. The summed E-state index contributed by atoms with van der Waals surface area (Å²) in [4.78, 5) is 36.4.